The maximum Gasteiger partial charge on any atom is 0.136 e. The van der Waals surface area contributed by atoms with Crippen LogP contribution in [0, 0.1) is 0 Å². The smallest absolute Gasteiger partial charge is 0.136 e. The monoisotopic (exact) mass is 258 g/mol. The van der Waals surface area contributed by atoms with E-state index in [1.54, 1.807) is 6.33 Å². The van der Waals surface area contributed by atoms with E-state index in [2.05, 4.69) is 37.4 Å². The second-order valence-electron chi connectivity index (χ2n) is 4.77. The second-order valence-corrected chi connectivity index (χ2v) is 4.77. The Morgan fingerprint density at radius 2 is 2.37 bits per heavy atom. The van der Waals surface area contributed by atoms with E-state index in [0.29, 0.717) is 6.04 Å². The van der Waals surface area contributed by atoms with Crippen LogP contribution in [0.2, 0.25) is 0 Å². The third-order valence-electron chi connectivity index (χ3n) is 3.21. The average Bonchev–Trinajstić information content (AvgIpc) is 2.92. The van der Waals surface area contributed by atoms with Crippen molar-refractivity contribution in [3.05, 3.63) is 30.7 Å². The van der Waals surface area contributed by atoms with Gasteiger partial charge in [0.15, 0.2) is 0 Å². The van der Waals surface area contributed by atoms with Crippen LogP contribution in [-0.4, -0.2) is 40.6 Å². The minimum Gasteiger partial charge on any atom is -0.354 e. The van der Waals surface area contributed by atoms with Crippen LogP contribution in [0.5, 0.6) is 0 Å². The van der Waals surface area contributed by atoms with Crippen molar-refractivity contribution < 1.29 is 0 Å². The van der Waals surface area contributed by atoms with Crippen molar-refractivity contribution in [3.8, 4) is 0 Å². The van der Waals surface area contributed by atoms with E-state index in [1.165, 1.54) is 0 Å². The van der Waals surface area contributed by atoms with Gasteiger partial charge < -0.3 is 20.5 Å². The van der Waals surface area contributed by atoms with E-state index in [-0.39, 0.29) is 0 Å². The van der Waals surface area contributed by atoms with Gasteiger partial charge in [0.1, 0.15) is 23.8 Å². The van der Waals surface area contributed by atoms with Gasteiger partial charge in [-0.3, -0.25) is 0 Å². The summed E-state index contributed by atoms with van der Waals surface area (Å²) in [6.45, 7) is 5.12. The number of nitrogens with one attached hydrogen (secondary N) is 3. The molecule has 0 spiro atoms. The molecule has 1 fully saturated rings. The van der Waals surface area contributed by atoms with E-state index >= 15 is 0 Å². The normalized spacial score (nSPS) is 19.4. The molecule has 6 nitrogen and oxygen atoms in total. The molecule has 3 N–H and O–H groups in total. The van der Waals surface area contributed by atoms with Gasteiger partial charge in [0.25, 0.3) is 0 Å². The first-order valence-corrected chi connectivity index (χ1v) is 6.52. The van der Waals surface area contributed by atoms with E-state index in [1.807, 2.05) is 24.4 Å². The molecular formula is C13H18N6. The number of rotatable bonds is 3. The van der Waals surface area contributed by atoms with E-state index < -0.39 is 0 Å². The first-order chi connectivity index (χ1) is 9.31. The molecule has 2 aromatic rings. The molecule has 3 rings (SSSR count). The summed E-state index contributed by atoms with van der Waals surface area (Å²) >= 11 is 0. The molecule has 1 saturated heterocycles. The third-order valence-corrected chi connectivity index (χ3v) is 3.21. The van der Waals surface area contributed by atoms with Crippen molar-refractivity contribution in [1.29, 1.82) is 0 Å². The fourth-order valence-corrected chi connectivity index (χ4v) is 2.27. The van der Waals surface area contributed by atoms with Crippen molar-refractivity contribution in [2.24, 2.45) is 0 Å². The molecule has 0 radical (unpaired) electrons. The van der Waals surface area contributed by atoms with Crippen LogP contribution in [0.1, 0.15) is 6.92 Å². The molecule has 6 heteroatoms. The molecule has 1 aliphatic heterocycles. The predicted molar refractivity (Wildman–Crippen MR) is 75.8 cm³/mol. The molecule has 3 heterocycles. The zero-order valence-electron chi connectivity index (χ0n) is 10.9. The van der Waals surface area contributed by atoms with E-state index in [0.717, 1.165) is 37.1 Å². The van der Waals surface area contributed by atoms with Crippen LogP contribution in [0.15, 0.2) is 30.7 Å². The van der Waals surface area contributed by atoms with Crippen LogP contribution in [-0.2, 0) is 0 Å². The first-order valence-electron chi connectivity index (χ1n) is 6.52. The summed E-state index contributed by atoms with van der Waals surface area (Å²) in [6, 6.07) is 6.39. The fourth-order valence-electron chi connectivity index (χ4n) is 2.27. The zero-order valence-corrected chi connectivity index (χ0v) is 10.9. The van der Waals surface area contributed by atoms with Crippen molar-refractivity contribution in [2.75, 3.05) is 29.9 Å². The first kappa shape index (κ1) is 12.0. The molecular weight excluding hydrogens is 240 g/mol. The lowest BCUT2D eigenvalue weighted by Crippen LogP contribution is -2.49. The molecule has 1 unspecified atom stereocenters. The summed E-state index contributed by atoms with van der Waals surface area (Å²) in [4.78, 5) is 14.0. The number of aromatic amines is 1. The average molecular weight is 258 g/mol. The number of aromatic nitrogens is 3. The van der Waals surface area contributed by atoms with Crippen LogP contribution >= 0.6 is 0 Å². The summed E-state index contributed by atoms with van der Waals surface area (Å²) < 4.78 is 0. The summed E-state index contributed by atoms with van der Waals surface area (Å²) in [5.74, 6) is 2.70. The SMILES string of the molecule is CC1CN(c2cc(Nc3ccc[nH]3)ncn2)CCN1. The van der Waals surface area contributed by atoms with Crippen LogP contribution in [0.25, 0.3) is 0 Å². The fraction of sp³-hybridized carbons (Fsp3) is 0.385. The number of anilines is 3. The van der Waals surface area contributed by atoms with Gasteiger partial charge in [0, 0.05) is 37.9 Å². The van der Waals surface area contributed by atoms with Crippen LogP contribution in [0.4, 0.5) is 17.5 Å². The third kappa shape index (κ3) is 2.85. The Labute approximate surface area is 112 Å². The Hall–Kier alpha value is -2.08. The summed E-state index contributed by atoms with van der Waals surface area (Å²) in [6.07, 6.45) is 3.48. The van der Waals surface area contributed by atoms with E-state index in [4.69, 9.17) is 0 Å². The lowest BCUT2D eigenvalue weighted by molar-refractivity contribution is 0.482. The van der Waals surface area contributed by atoms with Crippen LogP contribution < -0.4 is 15.5 Å². The Morgan fingerprint density at radius 3 is 3.16 bits per heavy atom. The second kappa shape index (κ2) is 5.27. The summed E-state index contributed by atoms with van der Waals surface area (Å²) in [5, 5.41) is 6.65. The number of hydrogen-bond acceptors (Lipinski definition) is 5. The molecule has 19 heavy (non-hydrogen) atoms. The summed E-state index contributed by atoms with van der Waals surface area (Å²) in [7, 11) is 0. The Kier molecular flexibility index (Phi) is 3.33. The molecule has 0 bridgehead atoms. The predicted octanol–water partition coefficient (Wildman–Crippen LogP) is 1.35. The Bertz CT molecular complexity index is 524. The molecule has 0 aromatic carbocycles. The maximum atomic E-state index is 4.36. The maximum absolute atomic E-state index is 4.36. The van der Waals surface area contributed by atoms with E-state index in [9.17, 15) is 0 Å². The highest BCUT2D eigenvalue weighted by atomic mass is 15.2. The van der Waals surface area contributed by atoms with Gasteiger partial charge in [-0.2, -0.15) is 0 Å². The van der Waals surface area contributed by atoms with Crippen molar-refractivity contribution in [2.45, 2.75) is 13.0 Å². The van der Waals surface area contributed by atoms with Gasteiger partial charge in [0.05, 0.1) is 0 Å². The van der Waals surface area contributed by atoms with Crippen molar-refractivity contribution >= 4 is 17.5 Å². The molecule has 0 saturated carbocycles. The number of nitrogens with zero attached hydrogens (tertiary/aromatic N) is 3. The highest BCUT2D eigenvalue weighted by Gasteiger charge is 2.17. The lowest BCUT2D eigenvalue weighted by atomic mass is 10.2. The standard InChI is InChI=1S/C13H18N6/c1-10-8-19(6-5-14-10)13-7-12(16-9-17-13)18-11-3-2-4-15-11/h2-4,7,9-10,14-15H,5-6,8H2,1H3,(H,16,17,18). The largest absolute Gasteiger partial charge is 0.354 e. The van der Waals surface area contributed by atoms with Gasteiger partial charge in [-0.1, -0.05) is 0 Å². The quantitative estimate of drug-likeness (QED) is 0.775. The molecule has 1 atom stereocenters. The van der Waals surface area contributed by atoms with Gasteiger partial charge in [-0.15, -0.1) is 0 Å². The number of piperazine rings is 1. The topological polar surface area (TPSA) is 68.9 Å². The minimum absolute atomic E-state index is 0.489. The van der Waals surface area contributed by atoms with Gasteiger partial charge >= 0.3 is 0 Å². The molecule has 0 amide bonds. The Morgan fingerprint density at radius 1 is 1.42 bits per heavy atom. The van der Waals surface area contributed by atoms with Crippen LogP contribution in [0.3, 0.4) is 0 Å². The van der Waals surface area contributed by atoms with Crippen molar-refractivity contribution in [1.82, 2.24) is 20.3 Å². The lowest BCUT2D eigenvalue weighted by Gasteiger charge is -2.32. The minimum atomic E-state index is 0.489. The van der Waals surface area contributed by atoms with Gasteiger partial charge in [-0.25, -0.2) is 9.97 Å². The molecule has 2 aromatic heterocycles. The number of H-pyrrole nitrogens is 1. The van der Waals surface area contributed by atoms with Gasteiger partial charge in [0.2, 0.25) is 0 Å². The van der Waals surface area contributed by atoms with Crippen molar-refractivity contribution in [3.63, 3.8) is 0 Å². The Balaban J connectivity index is 1.75. The zero-order chi connectivity index (χ0) is 13.1. The molecule has 100 valence electrons. The molecule has 1 aliphatic rings. The van der Waals surface area contributed by atoms with Gasteiger partial charge in [-0.05, 0) is 19.1 Å². The highest BCUT2D eigenvalue weighted by molar-refractivity contribution is 5.56. The highest BCUT2D eigenvalue weighted by Crippen LogP contribution is 2.18. The molecule has 0 aliphatic carbocycles. The number of hydrogen-bond donors (Lipinski definition) is 3. The summed E-state index contributed by atoms with van der Waals surface area (Å²) in [5.41, 5.74) is 0.